The molecule has 2 N–H and O–H groups in total. The summed E-state index contributed by atoms with van der Waals surface area (Å²) in [4.78, 5) is 29.5. The molecule has 1 aliphatic heterocycles. The van der Waals surface area contributed by atoms with Gasteiger partial charge in [-0.25, -0.2) is 19.7 Å². The molecule has 10 nitrogen and oxygen atoms in total. The number of rotatable bonds is 6. The minimum absolute atomic E-state index is 0.167. The van der Waals surface area contributed by atoms with Gasteiger partial charge in [0.25, 0.3) is 0 Å². The number of methoxy groups -OCH3 is 2. The quantitative estimate of drug-likeness (QED) is 0.609. The summed E-state index contributed by atoms with van der Waals surface area (Å²) in [5.74, 6) is 3.41. The molecule has 166 valence electrons. The number of hydrogen-bond donors (Lipinski definition) is 2. The second-order valence-corrected chi connectivity index (χ2v) is 7.11. The zero-order valence-electron chi connectivity index (χ0n) is 18.0. The molecule has 0 bridgehead atoms. The average molecular weight is 435 g/mol. The molecule has 3 aromatic rings. The maximum absolute atomic E-state index is 12.7. The Morgan fingerprint density at radius 3 is 2.31 bits per heavy atom. The van der Waals surface area contributed by atoms with Gasteiger partial charge in [-0.15, -0.1) is 0 Å². The highest BCUT2D eigenvalue weighted by Gasteiger charge is 2.22. The number of nitrogens with zero attached hydrogens (tertiary/aromatic N) is 5. The number of ether oxygens (including phenoxy) is 2. The molecule has 10 heteroatoms. The van der Waals surface area contributed by atoms with Crippen molar-refractivity contribution in [2.45, 2.75) is 0 Å². The SMILES string of the molecule is COc1cc(NC(=O)N2CCN(c3cc(Nc4ccccn4)ncn3)CC2)cc(OC)c1. The van der Waals surface area contributed by atoms with E-state index in [2.05, 4.69) is 30.5 Å². The Morgan fingerprint density at radius 2 is 1.66 bits per heavy atom. The molecule has 0 aliphatic carbocycles. The van der Waals surface area contributed by atoms with E-state index in [0.29, 0.717) is 55.0 Å². The number of urea groups is 1. The third-order valence-corrected chi connectivity index (χ3v) is 5.07. The largest absolute Gasteiger partial charge is 0.497 e. The lowest BCUT2D eigenvalue weighted by atomic mass is 10.2. The van der Waals surface area contributed by atoms with E-state index in [4.69, 9.17) is 9.47 Å². The number of piperazine rings is 1. The van der Waals surface area contributed by atoms with Crippen LogP contribution in [0.25, 0.3) is 0 Å². The number of benzene rings is 1. The smallest absolute Gasteiger partial charge is 0.321 e. The van der Waals surface area contributed by atoms with Crippen LogP contribution in [-0.2, 0) is 0 Å². The van der Waals surface area contributed by atoms with Crippen LogP contribution in [0.5, 0.6) is 11.5 Å². The lowest BCUT2D eigenvalue weighted by Crippen LogP contribution is -2.50. The first-order chi connectivity index (χ1) is 15.6. The fourth-order valence-electron chi connectivity index (χ4n) is 3.38. The van der Waals surface area contributed by atoms with Gasteiger partial charge in [-0.2, -0.15) is 0 Å². The first kappa shape index (κ1) is 21.2. The minimum atomic E-state index is -0.167. The molecule has 32 heavy (non-hydrogen) atoms. The van der Waals surface area contributed by atoms with Crippen LogP contribution in [-0.4, -0.2) is 66.3 Å². The van der Waals surface area contributed by atoms with E-state index in [0.717, 1.165) is 5.82 Å². The molecule has 1 aromatic carbocycles. The van der Waals surface area contributed by atoms with Gasteiger partial charge in [-0.05, 0) is 12.1 Å². The molecule has 0 spiro atoms. The third-order valence-electron chi connectivity index (χ3n) is 5.07. The lowest BCUT2D eigenvalue weighted by Gasteiger charge is -2.35. The van der Waals surface area contributed by atoms with Crippen LogP contribution in [0.4, 0.5) is 27.9 Å². The standard InChI is InChI=1S/C22H25N7O3/c1-31-17-11-16(12-18(13-17)32-2)26-22(30)29-9-7-28(8-10-29)21-14-20(24-15-25-21)27-19-5-3-4-6-23-19/h3-6,11-15H,7-10H2,1-2H3,(H,26,30)(H,23,24,25,27). The summed E-state index contributed by atoms with van der Waals surface area (Å²) in [7, 11) is 3.15. The normalized spacial score (nSPS) is 13.4. The summed E-state index contributed by atoms with van der Waals surface area (Å²) in [5, 5.41) is 6.09. The maximum atomic E-state index is 12.7. The van der Waals surface area contributed by atoms with Crippen molar-refractivity contribution < 1.29 is 14.3 Å². The number of anilines is 4. The van der Waals surface area contributed by atoms with E-state index in [1.807, 2.05) is 24.3 Å². The van der Waals surface area contributed by atoms with Crippen molar-refractivity contribution in [1.82, 2.24) is 19.9 Å². The van der Waals surface area contributed by atoms with Gasteiger partial charge in [-0.3, -0.25) is 0 Å². The Bertz CT molecular complexity index is 1030. The van der Waals surface area contributed by atoms with Crippen molar-refractivity contribution in [3.63, 3.8) is 0 Å². The van der Waals surface area contributed by atoms with Gasteiger partial charge in [0, 0.05) is 62.3 Å². The number of pyridine rings is 1. The molecular formula is C22H25N7O3. The van der Waals surface area contributed by atoms with E-state index in [-0.39, 0.29) is 6.03 Å². The van der Waals surface area contributed by atoms with Gasteiger partial charge in [0.15, 0.2) is 0 Å². The van der Waals surface area contributed by atoms with E-state index >= 15 is 0 Å². The second-order valence-electron chi connectivity index (χ2n) is 7.11. The van der Waals surface area contributed by atoms with Gasteiger partial charge in [-0.1, -0.05) is 6.07 Å². The second kappa shape index (κ2) is 9.82. The summed E-state index contributed by atoms with van der Waals surface area (Å²) >= 11 is 0. The summed E-state index contributed by atoms with van der Waals surface area (Å²) in [6, 6.07) is 12.6. The Labute approximate surface area is 186 Å². The van der Waals surface area contributed by atoms with Crippen molar-refractivity contribution >= 4 is 29.2 Å². The van der Waals surface area contributed by atoms with Crippen molar-refractivity contribution in [2.24, 2.45) is 0 Å². The Kier molecular flexibility index (Phi) is 6.49. The highest BCUT2D eigenvalue weighted by molar-refractivity contribution is 5.90. The molecule has 0 radical (unpaired) electrons. The van der Waals surface area contributed by atoms with Gasteiger partial charge in [0.05, 0.1) is 14.2 Å². The Morgan fingerprint density at radius 1 is 0.906 bits per heavy atom. The third kappa shape index (κ3) is 5.15. The summed E-state index contributed by atoms with van der Waals surface area (Å²) < 4.78 is 10.5. The van der Waals surface area contributed by atoms with Crippen molar-refractivity contribution in [3.05, 3.63) is 55.0 Å². The Hall–Kier alpha value is -4.08. The van der Waals surface area contributed by atoms with E-state index in [1.165, 1.54) is 6.33 Å². The molecule has 1 saturated heterocycles. The van der Waals surface area contributed by atoms with Crippen molar-refractivity contribution in [3.8, 4) is 11.5 Å². The molecule has 3 heterocycles. The maximum Gasteiger partial charge on any atom is 0.321 e. The predicted molar refractivity (Wildman–Crippen MR) is 122 cm³/mol. The fourth-order valence-corrected chi connectivity index (χ4v) is 3.38. The highest BCUT2D eigenvalue weighted by atomic mass is 16.5. The molecular weight excluding hydrogens is 410 g/mol. The van der Waals surface area contributed by atoms with Crippen molar-refractivity contribution in [1.29, 1.82) is 0 Å². The van der Waals surface area contributed by atoms with E-state index < -0.39 is 0 Å². The number of amides is 2. The van der Waals surface area contributed by atoms with Crippen LogP contribution in [0.3, 0.4) is 0 Å². The molecule has 1 aliphatic rings. The van der Waals surface area contributed by atoms with Crippen LogP contribution < -0.4 is 25.0 Å². The minimum Gasteiger partial charge on any atom is -0.497 e. The van der Waals surface area contributed by atoms with E-state index in [1.54, 1.807) is 43.5 Å². The molecule has 1 fully saturated rings. The number of carbonyl (C=O) groups excluding carboxylic acids is 1. The lowest BCUT2D eigenvalue weighted by molar-refractivity contribution is 0.208. The van der Waals surface area contributed by atoms with Crippen LogP contribution >= 0.6 is 0 Å². The zero-order valence-corrected chi connectivity index (χ0v) is 18.0. The summed E-state index contributed by atoms with van der Waals surface area (Å²) in [5.41, 5.74) is 0.620. The topological polar surface area (TPSA) is 105 Å². The zero-order chi connectivity index (χ0) is 22.3. The molecule has 0 saturated carbocycles. The van der Waals surface area contributed by atoms with Crippen LogP contribution in [0.1, 0.15) is 0 Å². The Balaban J connectivity index is 1.35. The number of hydrogen-bond acceptors (Lipinski definition) is 8. The molecule has 2 aromatic heterocycles. The fraction of sp³-hybridized carbons (Fsp3) is 0.273. The molecule has 0 atom stereocenters. The van der Waals surface area contributed by atoms with Crippen LogP contribution in [0, 0.1) is 0 Å². The van der Waals surface area contributed by atoms with Gasteiger partial charge in [0.2, 0.25) is 0 Å². The number of aromatic nitrogens is 3. The van der Waals surface area contributed by atoms with Gasteiger partial charge < -0.3 is 29.9 Å². The van der Waals surface area contributed by atoms with Crippen LogP contribution in [0.2, 0.25) is 0 Å². The summed E-state index contributed by atoms with van der Waals surface area (Å²) in [6.07, 6.45) is 3.24. The number of nitrogens with one attached hydrogen (secondary N) is 2. The first-order valence-electron chi connectivity index (χ1n) is 10.2. The van der Waals surface area contributed by atoms with Crippen LogP contribution in [0.15, 0.2) is 55.0 Å². The highest BCUT2D eigenvalue weighted by Crippen LogP contribution is 2.26. The first-order valence-corrected chi connectivity index (χ1v) is 10.2. The average Bonchev–Trinajstić information content (AvgIpc) is 2.84. The monoisotopic (exact) mass is 435 g/mol. The number of carbonyl (C=O) groups is 1. The molecule has 2 amide bonds. The van der Waals surface area contributed by atoms with Crippen molar-refractivity contribution in [2.75, 3.05) is 55.9 Å². The van der Waals surface area contributed by atoms with E-state index in [9.17, 15) is 4.79 Å². The van der Waals surface area contributed by atoms with Gasteiger partial charge >= 0.3 is 6.03 Å². The van der Waals surface area contributed by atoms with Gasteiger partial charge in [0.1, 0.15) is 35.3 Å². The molecule has 0 unspecified atom stereocenters. The summed E-state index contributed by atoms with van der Waals surface area (Å²) in [6.45, 7) is 2.46. The predicted octanol–water partition coefficient (Wildman–Crippen LogP) is 2.99. The molecule has 4 rings (SSSR count).